The number of fused-ring (bicyclic) bond motifs is 12. The van der Waals surface area contributed by atoms with Crippen molar-refractivity contribution in [1.82, 2.24) is 14.5 Å². The van der Waals surface area contributed by atoms with E-state index in [0.29, 0.717) is 5.82 Å². The summed E-state index contributed by atoms with van der Waals surface area (Å²) in [7, 11) is 0. The molecule has 0 unspecified atom stereocenters. The summed E-state index contributed by atoms with van der Waals surface area (Å²) in [6, 6.07) is 62.5. The molecule has 0 saturated carbocycles. The van der Waals surface area contributed by atoms with E-state index in [1.807, 2.05) is 18.2 Å². The Morgan fingerprint density at radius 3 is 1.72 bits per heavy atom. The van der Waals surface area contributed by atoms with Crippen molar-refractivity contribution in [2.75, 3.05) is 0 Å². The van der Waals surface area contributed by atoms with Gasteiger partial charge in [-0.05, 0) is 69.4 Å². The van der Waals surface area contributed by atoms with Gasteiger partial charge in [-0.1, -0.05) is 133 Å². The van der Waals surface area contributed by atoms with Crippen molar-refractivity contribution in [2.24, 2.45) is 0 Å². The number of aromatic nitrogens is 3. The van der Waals surface area contributed by atoms with Gasteiger partial charge in [0.1, 0.15) is 11.2 Å². The van der Waals surface area contributed by atoms with Crippen LogP contribution in [0.15, 0.2) is 180 Å². The number of furan rings is 1. The van der Waals surface area contributed by atoms with Crippen molar-refractivity contribution in [3.05, 3.63) is 176 Å². The van der Waals surface area contributed by atoms with Gasteiger partial charge in [-0.15, -0.1) is 0 Å². The predicted molar refractivity (Wildman–Crippen MR) is 225 cm³/mol. The third-order valence-electron chi connectivity index (χ3n) is 11.2. The van der Waals surface area contributed by atoms with E-state index in [2.05, 4.69) is 162 Å². The Hall–Kier alpha value is -7.30. The Morgan fingerprint density at radius 2 is 0.981 bits per heavy atom. The minimum Gasteiger partial charge on any atom is -0.455 e. The van der Waals surface area contributed by atoms with E-state index in [1.165, 1.54) is 43.4 Å². The molecule has 4 heteroatoms. The molecule has 3 aromatic heterocycles. The molecule has 9 aromatic carbocycles. The topological polar surface area (TPSA) is 43.9 Å². The number of hydrogen-bond acceptors (Lipinski definition) is 3. The minimum absolute atomic E-state index is 0.679. The molecule has 0 atom stereocenters. The first-order valence-corrected chi connectivity index (χ1v) is 18.3. The lowest BCUT2D eigenvalue weighted by Crippen LogP contribution is -1.99. The first-order valence-electron chi connectivity index (χ1n) is 18.3. The van der Waals surface area contributed by atoms with Crippen LogP contribution in [0.1, 0.15) is 0 Å². The second-order valence-electron chi connectivity index (χ2n) is 14.1. The molecule has 0 aliphatic heterocycles. The predicted octanol–water partition coefficient (Wildman–Crippen LogP) is 13.4. The number of benzene rings is 9. The Labute approximate surface area is 309 Å². The van der Waals surface area contributed by atoms with Gasteiger partial charge in [-0.25, -0.2) is 9.97 Å². The van der Waals surface area contributed by atoms with E-state index in [0.717, 1.165) is 66.1 Å². The standard InChI is InChI=1S/C50H29N3O/c1-3-14-32-30(12-1)24-27-43-46(32)47-33-15-4-2-13-31(33)25-28-44(47)53(43)42-29-26-38(34-16-5-6-17-35(34)42)50-51-41-22-9-7-19-39(41)48(52-50)40-21-11-20-37-36-18-8-10-23-45(36)54-49(37)40/h1-29H. The van der Waals surface area contributed by atoms with Crippen LogP contribution < -0.4 is 0 Å². The van der Waals surface area contributed by atoms with Crippen LogP contribution in [0.4, 0.5) is 0 Å². The average molecular weight is 688 g/mol. The lowest BCUT2D eigenvalue weighted by molar-refractivity contribution is 0.670. The van der Waals surface area contributed by atoms with Gasteiger partial charge in [0.15, 0.2) is 5.82 Å². The summed E-state index contributed by atoms with van der Waals surface area (Å²) in [6.07, 6.45) is 0. The second kappa shape index (κ2) is 11.1. The highest BCUT2D eigenvalue weighted by atomic mass is 16.3. The Kier molecular flexibility index (Phi) is 6.02. The van der Waals surface area contributed by atoms with E-state index < -0.39 is 0 Å². The minimum atomic E-state index is 0.679. The van der Waals surface area contributed by atoms with Crippen molar-refractivity contribution >= 4 is 87.0 Å². The maximum absolute atomic E-state index is 6.52. The van der Waals surface area contributed by atoms with Crippen LogP contribution in [0.3, 0.4) is 0 Å². The van der Waals surface area contributed by atoms with Crippen LogP contribution in [-0.4, -0.2) is 14.5 Å². The van der Waals surface area contributed by atoms with Gasteiger partial charge < -0.3 is 8.98 Å². The summed E-state index contributed by atoms with van der Waals surface area (Å²) in [4.78, 5) is 10.6. The first kappa shape index (κ1) is 29.3. The number of nitrogens with zero attached hydrogens (tertiary/aromatic N) is 3. The first-order chi connectivity index (χ1) is 26.8. The molecular formula is C50H29N3O. The molecule has 0 aliphatic carbocycles. The van der Waals surface area contributed by atoms with Crippen LogP contribution in [-0.2, 0) is 0 Å². The van der Waals surface area contributed by atoms with Crippen LogP contribution in [0.5, 0.6) is 0 Å². The third kappa shape index (κ3) is 4.08. The molecule has 0 amide bonds. The smallest absolute Gasteiger partial charge is 0.161 e. The molecule has 12 rings (SSSR count). The zero-order valence-electron chi connectivity index (χ0n) is 29.0. The van der Waals surface area contributed by atoms with Crippen LogP contribution in [0.2, 0.25) is 0 Å². The lowest BCUT2D eigenvalue weighted by Gasteiger charge is -2.15. The van der Waals surface area contributed by atoms with Crippen LogP contribution in [0.25, 0.3) is 115 Å². The van der Waals surface area contributed by atoms with Crippen LogP contribution in [0, 0.1) is 0 Å². The number of hydrogen-bond donors (Lipinski definition) is 0. The SMILES string of the molecule is c1ccc2c(c1)ccc1c2c2c3ccccc3ccc2n1-c1ccc(-c2nc(-c3cccc4c3oc3ccccc34)c3ccccc3n2)c2ccccc12. The molecule has 0 N–H and O–H groups in total. The van der Waals surface area contributed by atoms with Crippen molar-refractivity contribution < 1.29 is 4.42 Å². The molecule has 4 nitrogen and oxygen atoms in total. The van der Waals surface area contributed by atoms with E-state index >= 15 is 0 Å². The van der Waals surface area contributed by atoms with Gasteiger partial charge in [0, 0.05) is 43.4 Å². The van der Waals surface area contributed by atoms with Gasteiger partial charge in [0.25, 0.3) is 0 Å². The molecule has 0 saturated heterocycles. The van der Waals surface area contributed by atoms with Crippen molar-refractivity contribution in [3.63, 3.8) is 0 Å². The quantitative estimate of drug-likeness (QED) is 0.186. The fraction of sp³-hybridized carbons (Fsp3) is 0. The van der Waals surface area contributed by atoms with Gasteiger partial charge in [-0.2, -0.15) is 0 Å². The Morgan fingerprint density at radius 1 is 0.389 bits per heavy atom. The van der Waals surface area contributed by atoms with Crippen LogP contribution >= 0.6 is 0 Å². The molecule has 0 fully saturated rings. The fourth-order valence-corrected chi connectivity index (χ4v) is 8.82. The molecular weight excluding hydrogens is 659 g/mol. The lowest BCUT2D eigenvalue weighted by atomic mass is 10.00. The second-order valence-corrected chi connectivity index (χ2v) is 14.1. The maximum atomic E-state index is 6.52. The summed E-state index contributed by atoms with van der Waals surface area (Å²) in [5, 5.41) is 12.9. The molecule has 0 aliphatic rings. The zero-order valence-corrected chi connectivity index (χ0v) is 29.0. The van der Waals surface area contributed by atoms with E-state index in [9.17, 15) is 0 Å². The monoisotopic (exact) mass is 687 g/mol. The Balaban J connectivity index is 1.14. The van der Waals surface area contributed by atoms with Gasteiger partial charge in [-0.3, -0.25) is 0 Å². The van der Waals surface area contributed by atoms with E-state index in [4.69, 9.17) is 14.4 Å². The number of para-hydroxylation sites is 3. The fourth-order valence-electron chi connectivity index (χ4n) is 8.82. The van der Waals surface area contributed by atoms with Gasteiger partial charge in [0.05, 0.1) is 27.9 Å². The van der Waals surface area contributed by atoms with Gasteiger partial charge in [0.2, 0.25) is 0 Å². The number of rotatable bonds is 3. The summed E-state index contributed by atoms with van der Waals surface area (Å²) in [5.74, 6) is 0.679. The highest BCUT2D eigenvalue weighted by molar-refractivity contribution is 6.29. The Bertz CT molecular complexity index is 3420. The van der Waals surface area contributed by atoms with Gasteiger partial charge >= 0.3 is 0 Å². The molecule has 250 valence electrons. The molecule has 12 aromatic rings. The van der Waals surface area contributed by atoms with Crippen molar-refractivity contribution in [3.8, 4) is 28.3 Å². The molecule has 0 radical (unpaired) electrons. The zero-order chi connectivity index (χ0) is 35.3. The normalized spacial score (nSPS) is 12.1. The average Bonchev–Trinajstić information content (AvgIpc) is 3.79. The maximum Gasteiger partial charge on any atom is 0.161 e. The highest BCUT2D eigenvalue weighted by Gasteiger charge is 2.22. The summed E-state index contributed by atoms with van der Waals surface area (Å²) >= 11 is 0. The summed E-state index contributed by atoms with van der Waals surface area (Å²) in [5.41, 5.74) is 8.86. The molecule has 0 bridgehead atoms. The van der Waals surface area contributed by atoms with E-state index in [-0.39, 0.29) is 0 Å². The highest BCUT2D eigenvalue weighted by Crippen LogP contribution is 2.43. The molecule has 54 heavy (non-hydrogen) atoms. The van der Waals surface area contributed by atoms with Crippen molar-refractivity contribution in [1.29, 1.82) is 0 Å². The largest absolute Gasteiger partial charge is 0.455 e. The summed E-state index contributed by atoms with van der Waals surface area (Å²) < 4.78 is 8.97. The molecule has 3 heterocycles. The van der Waals surface area contributed by atoms with E-state index in [1.54, 1.807) is 0 Å². The van der Waals surface area contributed by atoms with Crippen molar-refractivity contribution in [2.45, 2.75) is 0 Å². The summed E-state index contributed by atoms with van der Waals surface area (Å²) in [6.45, 7) is 0. The molecule has 0 spiro atoms. The third-order valence-corrected chi connectivity index (χ3v) is 11.2.